The molecule has 1 aromatic rings. The molecule has 82 valence electrons. The molecule has 0 saturated heterocycles. The first-order chi connectivity index (χ1) is 6.97. The van der Waals surface area contributed by atoms with Gasteiger partial charge in [0, 0.05) is 5.69 Å². The van der Waals surface area contributed by atoms with E-state index in [1.54, 1.807) is 12.1 Å². The number of aromatic carboxylic acids is 1. The van der Waals surface area contributed by atoms with E-state index in [1.165, 1.54) is 12.1 Å². The Morgan fingerprint density at radius 2 is 1.80 bits per heavy atom. The average Bonchev–Trinajstić information content (AvgIpc) is 2.17. The second kappa shape index (κ2) is 6.16. The van der Waals surface area contributed by atoms with Gasteiger partial charge >= 0.3 is 5.97 Å². The smallest absolute Gasteiger partial charge is 0.335 e. The lowest BCUT2D eigenvalue weighted by Crippen LogP contribution is -2.06. The lowest BCUT2D eigenvalue weighted by atomic mass is 10.2. The number of hydrogen-bond acceptors (Lipinski definition) is 5. The molecule has 1 aromatic carbocycles. The Labute approximate surface area is 84.0 Å². The molecule has 0 bridgehead atoms. The molecule has 0 amide bonds. The van der Waals surface area contributed by atoms with Gasteiger partial charge in [0.2, 0.25) is 0 Å². The molecule has 0 unspecified atom stereocenters. The van der Waals surface area contributed by atoms with Crippen molar-refractivity contribution in [3.63, 3.8) is 0 Å². The van der Waals surface area contributed by atoms with E-state index in [2.05, 4.69) is 5.43 Å². The number of nitrogens with zero attached hydrogens (tertiary/aromatic N) is 1. The summed E-state index contributed by atoms with van der Waals surface area (Å²) in [5.41, 5.74) is 3.34. The number of nitrogens with two attached hydrogens (primary N) is 1. The van der Waals surface area contributed by atoms with Gasteiger partial charge in [0.15, 0.2) is 0 Å². The largest absolute Gasteiger partial charge is 0.478 e. The summed E-state index contributed by atoms with van der Waals surface area (Å²) in [4.78, 5) is 18.7. The van der Waals surface area contributed by atoms with Crippen LogP contribution in [0.5, 0.6) is 0 Å². The fraction of sp³-hybridized carbons (Fsp3) is 0. The van der Waals surface area contributed by atoms with Gasteiger partial charge in [-0.15, -0.1) is 10.1 Å². The van der Waals surface area contributed by atoms with Crippen molar-refractivity contribution in [2.75, 3.05) is 5.43 Å². The number of nitrogen functional groups attached to an aromatic ring is 1. The number of carbonyl (C=O) groups is 1. The number of carboxylic acids is 1. The Balaban J connectivity index is 0.000000423. The lowest BCUT2D eigenvalue weighted by molar-refractivity contribution is -0.742. The highest BCUT2D eigenvalue weighted by Gasteiger charge is 1.99. The van der Waals surface area contributed by atoms with E-state index in [9.17, 15) is 4.79 Å². The van der Waals surface area contributed by atoms with Gasteiger partial charge in [-0.1, -0.05) is 0 Å². The molecule has 0 fully saturated rings. The highest BCUT2D eigenvalue weighted by atomic mass is 16.9. The highest BCUT2D eigenvalue weighted by molar-refractivity contribution is 5.87. The molecule has 0 aliphatic rings. The zero-order chi connectivity index (χ0) is 11.8. The second-order valence-corrected chi connectivity index (χ2v) is 2.26. The van der Waals surface area contributed by atoms with Gasteiger partial charge in [0.05, 0.1) is 5.56 Å². The molecule has 0 saturated carbocycles. The molecule has 0 aliphatic heterocycles. The molecular weight excluding hydrogens is 206 g/mol. The normalized spacial score (nSPS) is 8.33. The van der Waals surface area contributed by atoms with Crippen LogP contribution >= 0.6 is 0 Å². The molecule has 8 nitrogen and oxygen atoms in total. The van der Waals surface area contributed by atoms with Crippen molar-refractivity contribution in [1.82, 2.24) is 0 Å². The van der Waals surface area contributed by atoms with Crippen LogP contribution in [-0.2, 0) is 0 Å². The van der Waals surface area contributed by atoms with E-state index >= 15 is 0 Å². The highest BCUT2D eigenvalue weighted by Crippen LogP contribution is 2.07. The van der Waals surface area contributed by atoms with Gasteiger partial charge in [-0.3, -0.25) is 5.84 Å². The summed E-state index contributed by atoms with van der Waals surface area (Å²) in [7, 11) is 0. The van der Waals surface area contributed by atoms with Crippen molar-refractivity contribution in [3.8, 4) is 0 Å². The Kier molecular flexibility index (Phi) is 5.19. The third-order valence-corrected chi connectivity index (χ3v) is 1.30. The van der Waals surface area contributed by atoms with Crippen LogP contribution in [0.15, 0.2) is 24.3 Å². The fourth-order valence-corrected chi connectivity index (χ4v) is 0.709. The van der Waals surface area contributed by atoms with E-state index < -0.39 is 11.1 Å². The van der Waals surface area contributed by atoms with Gasteiger partial charge in [-0.25, -0.2) is 4.79 Å². The molecule has 15 heavy (non-hydrogen) atoms. The molecule has 0 radical (unpaired) electrons. The number of hydrazine groups is 1. The maximum atomic E-state index is 10.3. The van der Waals surface area contributed by atoms with E-state index in [0.29, 0.717) is 5.69 Å². The van der Waals surface area contributed by atoms with Gasteiger partial charge in [0.25, 0.3) is 5.09 Å². The molecule has 1 rings (SSSR count). The van der Waals surface area contributed by atoms with Crippen molar-refractivity contribution < 1.29 is 20.2 Å². The van der Waals surface area contributed by atoms with E-state index in [4.69, 9.17) is 26.3 Å². The predicted molar refractivity (Wildman–Crippen MR) is 50.0 cm³/mol. The summed E-state index contributed by atoms with van der Waals surface area (Å²) in [6, 6.07) is 6.17. The number of anilines is 1. The maximum absolute atomic E-state index is 10.3. The number of rotatable bonds is 2. The van der Waals surface area contributed by atoms with Gasteiger partial charge in [-0.2, -0.15) is 0 Å². The first kappa shape index (κ1) is 12.7. The van der Waals surface area contributed by atoms with E-state index in [-0.39, 0.29) is 5.56 Å². The quantitative estimate of drug-likeness (QED) is 0.316. The van der Waals surface area contributed by atoms with Gasteiger partial charge < -0.3 is 15.7 Å². The molecule has 0 aromatic heterocycles. The Morgan fingerprint density at radius 3 is 2.07 bits per heavy atom. The van der Waals surface area contributed by atoms with Crippen molar-refractivity contribution in [1.29, 1.82) is 0 Å². The maximum Gasteiger partial charge on any atom is 0.335 e. The average molecular weight is 215 g/mol. The van der Waals surface area contributed by atoms with Crippen LogP contribution in [0.1, 0.15) is 10.4 Å². The topological polar surface area (TPSA) is 139 Å². The Morgan fingerprint density at radius 1 is 1.40 bits per heavy atom. The first-order valence-corrected chi connectivity index (χ1v) is 3.60. The van der Waals surface area contributed by atoms with Crippen LogP contribution in [0.2, 0.25) is 0 Å². The lowest BCUT2D eigenvalue weighted by Gasteiger charge is -1.98. The molecule has 0 atom stereocenters. The summed E-state index contributed by atoms with van der Waals surface area (Å²) < 4.78 is 0. The molecule has 0 heterocycles. The standard InChI is InChI=1S/C7H8N2O2.HNO3/c8-9-6-3-1-5(2-4-6)7(10)11;2-1(3)4/h1-4,9H,8H2,(H,10,11);(H,2,3,4). The molecule has 0 spiro atoms. The number of hydrogen-bond donors (Lipinski definition) is 4. The van der Waals surface area contributed by atoms with Crippen LogP contribution in [0.3, 0.4) is 0 Å². The molecule has 0 aliphatic carbocycles. The minimum atomic E-state index is -1.50. The minimum absolute atomic E-state index is 0.254. The first-order valence-electron chi connectivity index (χ1n) is 3.60. The zero-order valence-electron chi connectivity index (χ0n) is 7.45. The summed E-state index contributed by atoms with van der Waals surface area (Å²) in [5.74, 6) is 4.14. The summed E-state index contributed by atoms with van der Waals surface area (Å²) in [5, 5.41) is 22.1. The Hall–Kier alpha value is -2.35. The SMILES string of the molecule is NNc1ccc(C(=O)O)cc1.O=[N+]([O-])O. The van der Waals surface area contributed by atoms with Gasteiger partial charge in [-0.05, 0) is 24.3 Å². The van der Waals surface area contributed by atoms with Crippen molar-refractivity contribution in [2.24, 2.45) is 5.84 Å². The zero-order valence-corrected chi connectivity index (χ0v) is 7.45. The third kappa shape index (κ3) is 5.82. The van der Waals surface area contributed by atoms with Crippen molar-refractivity contribution in [2.45, 2.75) is 0 Å². The minimum Gasteiger partial charge on any atom is -0.478 e. The fourth-order valence-electron chi connectivity index (χ4n) is 0.709. The van der Waals surface area contributed by atoms with Crippen LogP contribution in [0.4, 0.5) is 5.69 Å². The monoisotopic (exact) mass is 215 g/mol. The summed E-state index contributed by atoms with van der Waals surface area (Å²) in [6.07, 6.45) is 0. The number of nitrogens with one attached hydrogen (secondary N) is 1. The van der Waals surface area contributed by atoms with Crippen LogP contribution in [-0.4, -0.2) is 21.4 Å². The summed E-state index contributed by atoms with van der Waals surface area (Å²) in [6.45, 7) is 0. The predicted octanol–water partition coefficient (Wildman–Crippen LogP) is 0.323. The van der Waals surface area contributed by atoms with E-state index in [1.807, 2.05) is 0 Å². The van der Waals surface area contributed by atoms with Gasteiger partial charge in [0.1, 0.15) is 0 Å². The van der Waals surface area contributed by atoms with Crippen LogP contribution < -0.4 is 11.3 Å². The molecular formula is C7H9N3O5. The van der Waals surface area contributed by atoms with Crippen molar-refractivity contribution >= 4 is 11.7 Å². The molecule has 5 N–H and O–H groups in total. The summed E-state index contributed by atoms with van der Waals surface area (Å²) >= 11 is 0. The third-order valence-electron chi connectivity index (χ3n) is 1.30. The van der Waals surface area contributed by atoms with Crippen LogP contribution in [0, 0.1) is 10.1 Å². The van der Waals surface area contributed by atoms with Crippen LogP contribution in [0.25, 0.3) is 0 Å². The number of benzene rings is 1. The van der Waals surface area contributed by atoms with E-state index in [0.717, 1.165) is 0 Å². The number of carboxylic acid groups (broad SMARTS) is 1. The Bertz CT molecular complexity index is 333. The van der Waals surface area contributed by atoms with Crippen molar-refractivity contribution in [3.05, 3.63) is 39.9 Å². The second-order valence-electron chi connectivity index (χ2n) is 2.26. The molecule has 8 heteroatoms.